The minimum Gasteiger partial charge on any atom is -0.508 e. The largest absolute Gasteiger partial charge is 0.508 e. The molecule has 12 heteroatoms. The van der Waals surface area contributed by atoms with E-state index < -0.39 is 43.8 Å². The van der Waals surface area contributed by atoms with Crippen LogP contribution in [0, 0.1) is 11.6 Å². The maximum atomic E-state index is 14.3. The van der Waals surface area contributed by atoms with E-state index >= 15 is 0 Å². The van der Waals surface area contributed by atoms with E-state index in [1.54, 1.807) is 28.1 Å². The second kappa shape index (κ2) is 7.78. The summed E-state index contributed by atoms with van der Waals surface area (Å²) in [4.78, 5) is 17.1. The number of imidazole rings is 1. The molecule has 2 aromatic carbocycles. The molecule has 0 fully saturated rings. The number of carbonyl (C=O) groups excluding carboxylic acids is 1. The number of amides is 1. The molecule has 3 aromatic rings. The molecule has 0 aliphatic heterocycles. The quantitative estimate of drug-likeness (QED) is 0.525. The molecular formula is C17H13ClF2N4O4S. The molecule has 0 saturated heterocycles. The number of aromatic hydroxyl groups is 1. The van der Waals surface area contributed by atoms with Gasteiger partial charge in [0.15, 0.2) is 5.82 Å². The van der Waals surface area contributed by atoms with E-state index in [-0.39, 0.29) is 5.02 Å². The minimum absolute atomic E-state index is 0.323. The van der Waals surface area contributed by atoms with Crippen LogP contribution in [-0.4, -0.2) is 29.0 Å². The molecule has 0 bridgehead atoms. The van der Waals surface area contributed by atoms with Crippen LogP contribution in [0.15, 0.2) is 47.8 Å². The van der Waals surface area contributed by atoms with Crippen molar-refractivity contribution in [1.29, 1.82) is 0 Å². The van der Waals surface area contributed by atoms with Crippen molar-refractivity contribution in [3.05, 3.63) is 65.1 Å². The highest BCUT2D eigenvalue weighted by Crippen LogP contribution is 2.27. The third kappa shape index (κ3) is 4.36. The number of phenolic OH excluding ortho intramolecular Hbond substituents is 1. The van der Waals surface area contributed by atoms with Crippen molar-refractivity contribution in [1.82, 2.24) is 19.8 Å². The van der Waals surface area contributed by atoms with Gasteiger partial charge in [0.1, 0.15) is 16.5 Å². The highest BCUT2D eigenvalue weighted by Gasteiger charge is 2.23. The number of benzene rings is 2. The number of hydrogen-bond acceptors (Lipinski definition) is 5. The molecule has 3 N–H and O–H groups in total. The summed E-state index contributed by atoms with van der Waals surface area (Å²) >= 11 is 5.84. The maximum absolute atomic E-state index is 14.3. The van der Waals surface area contributed by atoms with Crippen molar-refractivity contribution in [2.45, 2.75) is 4.90 Å². The van der Waals surface area contributed by atoms with Crippen LogP contribution in [0.5, 0.6) is 5.75 Å². The van der Waals surface area contributed by atoms with E-state index in [2.05, 4.69) is 4.98 Å². The van der Waals surface area contributed by atoms with Crippen molar-refractivity contribution >= 4 is 27.5 Å². The summed E-state index contributed by atoms with van der Waals surface area (Å²) in [6.45, 7) is 0. The number of halogens is 3. The van der Waals surface area contributed by atoms with Gasteiger partial charge in [0.2, 0.25) is 0 Å². The van der Waals surface area contributed by atoms with Gasteiger partial charge in [-0.05, 0) is 24.3 Å². The fourth-order valence-corrected chi connectivity index (χ4v) is 3.55. The zero-order valence-corrected chi connectivity index (χ0v) is 16.2. The molecule has 1 heterocycles. The van der Waals surface area contributed by atoms with E-state index in [0.29, 0.717) is 17.3 Å². The molecule has 0 aliphatic rings. The third-order valence-corrected chi connectivity index (χ3v) is 5.31. The van der Waals surface area contributed by atoms with Gasteiger partial charge >= 0.3 is 0 Å². The number of rotatable bonds is 5. The minimum atomic E-state index is -4.59. The van der Waals surface area contributed by atoms with Crippen molar-refractivity contribution in [2.75, 3.05) is 0 Å². The number of carbonyl (C=O) groups is 1. The first-order valence-corrected chi connectivity index (χ1v) is 9.72. The molecule has 0 radical (unpaired) electrons. The van der Waals surface area contributed by atoms with Gasteiger partial charge in [0.05, 0.1) is 22.6 Å². The zero-order chi connectivity index (χ0) is 21.3. The summed E-state index contributed by atoms with van der Waals surface area (Å²) in [6, 6.07) is 4.75. The van der Waals surface area contributed by atoms with Crippen LogP contribution in [0.1, 0.15) is 10.4 Å². The van der Waals surface area contributed by atoms with Gasteiger partial charge in [-0.1, -0.05) is 11.6 Å². The lowest BCUT2D eigenvalue weighted by atomic mass is 10.1. The smallest absolute Gasteiger partial charge is 0.269 e. The average molecular weight is 443 g/mol. The molecule has 0 saturated carbocycles. The van der Waals surface area contributed by atoms with Gasteiger partial charge in [0, 0.05) is 24.9 Å². The first-order chi connectivity index (χ1) is 13.6. The van der Waals surface area contributed by atoms with Crippen LogP contribution >= 0.6 is 11.6 Å². The number of hydrogen-bond donors (Lipinski definition) is 3. The lowest BCUT2D eigenvalue weighted by molar-refractivity contribution is 0.0941. The highest BCUT2D eigenvalue weighted by atomic mass is 35.5. The van der Waals surface area contributed by atoms with Gasteiger partial charge in [-0.3, -0.25) is 10.2 Å². The van der Waals surface area contributed by atoms with E-state index in [9.17, 15) is 27.1 Å². The Kier molecular flexibility index (Phi) is 5.55. The summed E-state index contributed by atoms with van der Waals surface area (Å²) in [5.74, 6) is -3.91. The fourth-order valence-electron chi connectivity index (χ4n) is 2.40. The van der Waals surface area contributed by atoms with Gasteiger partial charge in [-0.15, -0.1) is 4.83 Å². The van der Waals surface area contributed by atoms with Gasteiger partial charge in [-0.2, -0.15) is 0 Å². The molecule has 152 valence electrons. The SMILES string of the molecule is Cn1cnc(-c2cc(Cl)c(F)c(C(=O)NNS(=O)(=O)c3cc(O)ccc3F)c2)c1. The Morgan fingerprint density at radius 2 is 1.97 bits per heavy atom. The normalized spacial score (nSPS) is 11.4. The average Bonchev–Trinajstić information content (AvgIpc) is 3.10. The number of sulfonamides is 1. The number of aryl methyl sites for hydroxylation is 1. The van der Waals surface area contributed by atoms with E-state index in [1.165, 1.54) is 12.4 Å². The van der Waals surface area contributed by atoms with Gasteiger partial charge < -0.3 is 9.67 Å². The number of nitrogens with zero attached hydrogens (tertiary/aromatic N) is 2. The van der Waals surface area contributed by atoms with E-state index in [0.717, 1.165) is 18.2 Å². The molecular weight excluding hydrogens is 430 g/mol. The van der Waals surface area contributed by atoms with E-state index in [1.807, 2.05) is 0 Å². The molecule has 0 unspecified atom stereocenters. The van der Waals surface area contributed by atoms with Crippen molar-refractivity contribution in [2.24, 2.45) is 7.05 Å². The predicted octanol–water partition coefficient (Wildman–Crippen LogP) is 2.35. The monoisotopic (exact) mass is 442 g/mol. The zero-order valence-electron chi connectivity index (χ0n) is 14.6. The maximum Gasteiger partial charge on any atom is 0.269 e. The van der Waals surface area contributed by atoms with Crippen molar-refractivity contribution in [3.8, 4) is 17.0 Å². The Hall–Kier alpha value is -3.02. The Balaban J connectivity index is 1.87. The molecule has 29 heavy (non-hydrogen) atoms. The second-order valence-corrected chi connectivity index (χ2v) is 7.98. The Bertz CT molecular complexity index is 1210. The first kappa shape index (κ1) is 20.7. The molecule has 0 aliphatic carbocycles. The highest BCUT2D eigenvalue weighted by molar-refractivity contribution is 7.89. The lowest BCUT2D eigenvalue weighted by Gasteiger charge is -2.11. The third-order valence-electron chi connectivity index (χ3n) is 3.78. The van der Waals surface area contributed by atoms with Crippen LogP contribution in [0.4, 0.5) is 8.78 Å². The molecule has 3 rings (SSSR count). The second-order valence-electron chi connectivity index (χ2n) is 5.92. The predicted molar refractivity (Wildman–Crippen MR) is 99.5 cm³/mol. The Labute approximate surface area is 168 Å². The fraction of sp³-hybridized carbons (Fsp3) is 0.0588. The summed E-state index contributed by atoms with van der Waals surface area (Å²) in [7, 11) is -2.87. The standard InChI is InChI=1S/C17H13ClF2N4O4S/c1-24-7-14(21-8-24)9-4-11(16(20)12(18)5-9)17(26)22-23-29(27,28)15-6-10(25)2-3-13(15)19/h2-8,23,25H,1H3,(H,22,26). The van der Waals surface area contributed by atoms with E-state index in [4.69, 9.17) is 11.6 Å². The lowest BCUT2D eigenvalue weighted by Crippen LogP contribution is -2.42. The van der Waals surface area contributed by atoms with Gasteiger partial charge in [-0.25, -0.2) is 22.2 Å². The number of aromatic nitrogens is 2. The van der Waals surface area contributed by atoms with Gasteiger partial charge in [0.25, 0.3) is 15.9 Å². The van der Waals surface area contributed by atoms with Crippen molar-refractivity contribution in [3.63, 3.8) is 0 Å². The summed E-state index contributed by atoms with van der Waals surface area (Å²) < 4.78 is 54.0. The molecule has 1 amide bonds. The number of hydrazine groups is 1. The van der Waals surface area contributed by atoms with Crippen LogP contribution in [0.3, 0.4) is 0 Å². The van der Waals surface area contributed by atoms with Crippen LogP contribution in [0.25, 0.3) is 11.3 Å². The topological polar surface area (TPSA) is 113 Å². The number of nitrogens with one attached hydrogen (secondary N) is 2. The molecule has 1 aromatic heterocycles. The summed E-state index contributed by atoms with van der Waals surface area (Å²) in [5.41, 5.74) is 1.96. The van der Waals surface area contributed by atoms with Crippen LogP contribution < -0.4 is 10.3 Å². The number of phenols is 1. The van der Waals surface area contributed by atoms with Crippen LogP contribution in [0.2, 0.25) is 5.02 Å². The van der Waals surface area contributed by atoms with Crippen molar-refractivity contribution < 1.29 is 27.1 Å². The first-order valence-electron chi connectivity index (χ1n) is 7.86. The molecule has 0 spiro atoms. The Morgan fingerprint density at radius 3 is 2.62 bits per heavy atom. The summed E-state index contributed by atoms with van der Waals surface area (Å²) in [5, 5.41) is 8.97. The molecule has 0 atom stereocenters. The van der Waals surface area contributed by atoms with Crippen LogP contribution in [-0.2, 0) is 17.1 Å². The molecule has 8 nitrogen and oxygen atoms in total. The Morgan fingerprint density at radius 1 is 1.24 bits per heavy atom. The summed E-state index contributed by atoms with van der Waals surface area (Å²) in [6.07, 6.45) is 3.10.